The number of nitrogens with zero attached hydrogens (tertiary/aromatic N) is 3. The molecular formula is C26H27F3N4O2S. The van der Waals surface area contributed by atoms with Gasteiger partial charge in [0.2, 0.25) is 0 Å². The molecule has 1 saturated heterocycles. The number of nitrogens with one attached hydrogen (secondary N) is 1. The summed E-state index contributed by atoms with van der Waals surface area (Å²) in [5.41, 5.74) is 3.06. The lowest BCUT2D eigenvalue weighted by molar-refractivity contribution is -0.141. The second kappa shape index (κ2) is 10.3. The van der Waals surface area contributed by atoms with Crippen LogP contribution in [-0.4, -0.2) is 39.2 Å². The van der Waals surface area contributed by atoms with E-state index in [9.17, 15) is 18.0 Å². The number of halogens is 3. The molecule has 6 nitrogen and oxygen atoms in total. The van der Waals surface area contributed by atoms with Gasteiger partial charge in [0.05, 0.1) is 30.5 Å². The molecule has 1 aliphatic rings. The molecule has 190 valence electrons. The van der Waals surface area contributed by atoms with E-state index in [0.717, 1.165) is 34.8 Å². The molecule has 1 N–H and O–H groups in total. The number of rotatable bonds is 7. The van der Waals surface area contributed by atoms with E-state index in [4.69, 9.17) is 17.0 Å². The van der Waals surface area contributed by atoms with Gasteiger partial charge in [0.1, 0.15) is 0 Å². The van der Waals surface area contributed by atoms with Crippen molar-refractivity contribution in [2.45, 2.75) is 44.9 Å². The molecule has 3 aromatic rings. The lowest BCUT2D eigenvalue weighted by Gasteiger charge is -2.28. The molecule has 0 spiro atoms. The van der Waals surface area contributed by atoms with Crippen molar-refractivity contribution in [3.05, 3.63) is 82.9 Å². The van der Waals surface area contributed by atoms with Crippen LogP contribution in [0.15, 0.2) is 54.7 Å². The molecule has 1 aliphatic heterocycles. The molecule has 0 unspecified atom stereocenters. The Bertz CT molecular complexity index is 1260. The van der Waals surface area contributed by atoms with Gasteiger partial charge in [-0.3, -0.25) is 9.78 Å². The van der Waals surface area contributed by atoms with Crippen LogP contribution >= 0.6 is 12.2 Å². The number of esters is 1. The van der Waals surface area contributed by atoms with Crippen molar-refractivity contribution in [2.75, 3.05) is 13.7 Å². The minimum Gasteiger partial charge on any atom is -0.469 e. The Hall–Kier alpha value is -3.40. The second-order valence-electron chi connectivity index (χ2n) is 8.71. The van der Waals surface area contributed by atoms with Crippen molar-refractivity contribution in [3.8, 4) is 5.69 Å². The predicted molar refractivity (Wildman–Crippen MR) is 134 cm³/mol. The van der Waals surface area contributed by atoms with Gasteiger partial charge in [0.15, 0.2) is 5.11 Å². The van der Waals surface area contributed by atoms with Crippen molar-refractivity contribution < 1.29 is 22.7 Å². The van der Waals surface area contributed by atoms with Gasteiger partial charge in [-0.05, 0) is 74.4 Å². The molecule has 0 saturated carbocycles. The van der Waals surface area contributed by atoms with Crippen LogP contribution in [0.3, 0.4) is 0 Å². The van der Waals surface area contributed by atoms with Crippen LogP contribution in [0.1, 0.15) is 53.1 Å². The topological polar surface area (TPSA) is 59.4 Å². The van der Waals surface area contributed by atoms with Gasteiger partial charge in [-0.25, -0.2) is 0 Å². The van der Waals surface area contributed by atoms with E-state index in [2.05, 4.69) is 10.3 Å². The molecule has 3 heterocycles. The van der Waals surface area contributed by atoms with E-state index in [1.54, 1.807) is 12.3 Å². The van der Waals surface area contributed by atoms with Crippen LogP contribution in [0, 0.1) is 13.8 Å². The molecule has 36 heavy (non-hydrogen) atoms. The largest absolute Gasteiger partial charge is 0.469 e. The third-order valence-electron chi connectivity index (χ3n) is 6.43. The predicted octanol–water partition coefficient (Wildman–Crippen LogP) is 5.43. The van der Waals surface area contributed by atoms with Gasteiger partial charge in [-0.1, -0.05) is 12.1 Å². The van der Waals surface area contributed by atoms with Crippen LogP contribution < -0.4 is 5.32 Å². The van der Waals surface area contributed by atoms with Crippen LogP contribution in [0.2, 0.25) is 0 Å². The molecule has 4 rings (SSSR count). The SMILES string of the molecule is COC(=O)CCCN1C(=S)N[C@H](c2ccccn2)[C@H]1c1cc(C)n(-c2cccc(C(F)(F)F)c2)c1C. The highest BCUT2D eigenvalue weighted by Gasteiger charge is 2.41. The third-order valence-corrected chi connectivity index (χ3v) is 6.78. The summed E-state index contributed by atoms with van der Waals surface area (Å²) in [4.78, 5) is 18.2. The molecule has 0 bridgehead atoms. The minimum atomic E-state index is -4.43. The van der Waals surface area contributed by atoms with Gasteiger partial charge in [-0.2, -0.15) is 13.2 Å². The van der Waals surface area contributed by atoms with Crippen molar-refractivity contribution >= 4 is 23.3 Å². The first-order valence-electron chi connectivity index (χ1n) is 11.5. The zero-order chi connectivity index (χ0) is 26.0. The average molecular weight is 517 g/mol. The summed E-state index contributed by atoms with van der Waals surface area (Å²) in [6.45, 7) is 4.27. The zero-order valence-electron chi connectivity index (χ0n) is 20.2. The average Bonchev–Trinajstić information content (AvgIpc) is 3.33. The maximum Gasteiger partial charge on any atom is 0.416 e. The maximum absolute atomic E-state index is 13.4. The summed E-state index contributed by atoms with van der Waals surface area (Å²) in [5, 5.41) is 3.90. The Morgan fingerprint density at radius 1 is 1.17 bits per heavy atom. The molecular weight excluding hydrogens is 489 g/mol. The number of alkyl halides is 3. The zero-order valence-corrected chi connectivity index (χ0v) is 21.0. The Morgan fingerprint density at radius 3 is 2.61 bits per heavy atom. The van der Waals surface area contributed by atoms with Gasteiger partial charge in [0.25, 0.3) is 0 Å². The summed E-state index contributed by atoms with van der Waals surface area (Å²) in [7, 11) is 1.35. The molecule has 0 amide bonds. The number of pyridine rings is 1. The lowest BCUT2D eigenvalue weighted by atomic mass is 9.96. The summed E-state index contributed by atoms with van der Waals surface area (Å²) < 4.78 is 46.8. The Balaban J connectivity index is 1.76. The summed E-state index contributed by atoms with van der Waals surface area (Å²) >= 11 is 5.68. The van der Waals surface area contributed by atoms with Crippen molar-refractivity contribution in [1.82, 2.24) is 19.8 Å². The normalized spacial score (nSPS) is 17.8. The molecule has 10 heteroatoms. The van der Waals surface area contributed by atoms with Gasteiger partial charge in [0, 0.05) is 36.2 Å². The van der Waals surface area contributed by atoms with Gasteiger partial charge in [-0.15, -0.1) is 0 Å². The number of methoxy groups -OCH3 is 1. The molecule has 0 radical (unpaired) electrons. The Labute approximate surface area is 213 Å². The fourth-order valence-corrected chi connectivity index (χ4v) is 5.12. The lowest BCUT2D eigenvalue weighted by Crippen LogP contribution is -2.31. The number of carbonyl (C=O) groups excluding carboxylic acids is 1. The number of carbonyl (C=O) groups is 1. The fraction of sp³-hybridized carbons (Fsp3) is 0.346. The van der Waals surface area contributed by atoms with Gasteiger partial charge < -0.3 is 19.5 Å². The number of aromatic nitrogens is 2. The van der Waals surface area contributed by atoms with E-state index in [-0.39, 0.29) is 24.5 Å². The molecule has 1 fully saturated rings. The fourth-order valence-electron chi connectivity index (χ4n) is 4.79. The van der Waals surface area contributed by atoms with Crippen molar-refractivity contribution in [1.29, 1.82) is 0 Å². The van der Waals surface area contributed by atoms with E-state index < -0.39 is 11.7 Å². The Kier molecular flexibility index (Phi) is 7.35. The molecule has 2 aromatic heterocycles. The molecule has 2 atom stereocenters. The number of benzene rings is 1. The first-order chi connectivity index (χ1) is 17.1. The number of aryl methyl sites for hydroxylation is 1. The maximum atomic E-state index is 13.4. The van der Waals surface area contributed by atoms with Crippen LogP contribution in [-0.2, 0) is 15.7 Å². The van der Waals surface area contributed by atoms with Crippen LogP contribution in [0.5, 0.6) is 0 Å². The number of ether oxygens (including phenoxy) is 1. The monoisotopic (exact) mass is 516 g/mol. The standard InChI is InChI=1S/C26H27F3N4O2S/c1-16-14-20(17(2)33(16)19-9-6-8-18(15-19)26(27,28)29)24-23(21-10-4-5-12-30-21)31-25(36)32(24)13-7-11-22(34)35-3/h4-6,8-10,12,14-15,23-24H,7,11,13H2,1-3H3,(H,31,36)/t23-,24-/m1/s1. The van der Waals surface area contributed by atoms with E-state index in [1.165, 1.54) is 13.2 Å². The summed E-state index contributed by atoms with van der Waals surface area (Å²) in [6, 6.07) is 12.4. The first kappa shape index (κ1) is 25.7. The smallest absolute Gasteiger partial charge is 0.416 e. The molecule has 0 aliphatic carbocycles. The Morgan fingerprint density at radius 2 is 1.94 bits per heavy atom. The highest BCUT2D eigenvalue weighted by molar-refractivity contribution is 7.80. The molecule has 1 aromatic carbocycles. The van der Waals surface area contributed by atoms with E-state index in [0.29, 0.717) is 23.8 Å². The summed E-state index contributed by atoms with van der Waals surface area (Å²) in [5.74, 6) is -0.298. The quantitative estimate of drug-likeness (QED) is 0.334. The van der Waals surface area contributed by atoms with Crippen molar-refractivity contribution in [2.24, 2.45) is 0 Å². The summed E-state index contributed by atoms with van der Waals surface area (Å²) in [6.07, 6.45) is -1.94. The highest BCUT2D eigenvalue weighted by atomic mass is 32.1. The van der Waals surface area contributed by atoms with Crippen LogP contribution in [0.4, 0.5) is 13.2 Å². The second-order valence-corrected chi connectivity index (χ2v) is 9.10. The number of thiocarbonyl (C=S) groups is 1. The highest BCUT2D eigenvalue weighted by Crippen LogP contribution is 2.42. The van der Waals surface area contributed by atoms with Gasteiger partial charge >= 0.3 is 12.1 Å². The number of hydrogen-bond donors (Lipinski definition) is 1. The van der Waals surface area contributed by atoms with Crippen molar-refractivity contribution in [3.63, 3.8) is 0 Å². The third kappa shape index (κ3) is 5.09. The van der Waals surface area contributed by atoms with E-state index >= 15 is 0 Å². The minimum absolute atomic E-state index is 0.250. The number of hydrogen-bond acceptors (Lipinski definition) is 4. The first-order valence-corrected chi connectivity index (χ1v) is 11.9. The van der Waals surface area contributed by atoms with E-state index in [1.807, 2.05) is 47.6 Å². The van der Waals surface area contributed by atoms with Crippen LogP contribution in [0.25, 0.3) is 5.69 Å².